The third kappa shape index (κ3) is 9.78. The third-order valence-corrected chi connectivity index (χ3v) is 2.04. The van der Waals surface area contributed by atoms with Gasteiger partial charge in [-0.1, -0.05) is 60.6 Å². The minimum absolute atomic E-state index is 0.583. The summed E-state index contributed by atoms with van der Waals surface area (Å²) in [5, 5.41) is 0. The van der Waals surface area contributed by atoms with Crippen molar-refractivity contribution in [2.45, 2.75) is 68.7 Å². The summed E-state index contributed by atoms with van der Waals surface area (Å²) in [6, 6.07) is 0. The van der Waals surface area contributed by atoms with Crippen molar-refractivity contribution >= 4 is 0 Å². The van der Waals surface area contributed by atoms with Crippen LogP contribution in [0.25, 0.3) is 0 Å². The summed E-state index contributed by atoms with van der Waals surface area (Å²) in [5.41, 5.74) is 4.15. The monoisotopic (exact) mass is 212 g/mol. The second-order valence-corrected chi connectivity index (χ2v) is 3.51. The van der Waals surface area contributed by atoms with Gasteiger partial charge in [-0.05, 0) is 37.3 Å². The highest BCUT2D eigenvalue weighted by molar-refractivity contribution is 5.32. The predicted octanol–water partition coefficient (Wildman–Crippen LogP) is 6.00. The van der Waals surface area contributed by atoms with Gasteiger partial charge in [-0.25, -0.2) is 0 Å². The molecule has 0 unspecified atom stereocenters. The quantitative estimate of drug-likeness (QED) is 0.503. The molecule has 15 heavy (non-hydrogen) atoms. The molecule has 0 N–H and O–H groups in total. The molecule has 0 aliphatic heterocycles. The Labute approximate surface area is 98.5 Å². The lowest BCUT2D eigenvalue weighted by Crippen LogP contribution is -1.97. The molecule has 0 bridgehead atoms. The van der Waals surface area contributed by atoms with Gasteiger partial charge in [-0.15, -0.1) is 0 Å². The van der Waals surface area contributed by atoms with Crippen molar-refractivity contribution in [3.63, 3.8) is 0 Å². The zero-order chi connectivity index (χ0) is 13.0. The average molecular weight is 212 g/mol. The second kappa shape index (κ2) is 13.5. The third-order valence-electron chi connectivity index (χ3n) is 2.04. The fourth-order valence-electron chi connectivity index (χ4n) is 1.25. The minimum Gasteiger partial charge on any atom is -0.0953 e. The van der Waals surface area contributed by atoms with Crippen molar-refractivity contribution in [2.75, 3.05) is 0 Å². The molecule has 0 fully saturated rings. The smallest absolute Gasteiger partial charge is 0.0222 e. The van der Waals surface area contributed by atoms with Crippen molar-refractivity contribution in [3.05, 3.63) is 23.3 Å². The van der Waals surface area contributed by atoms with Gasteiger partial charge in [0.1, 0.15) is 0 Å². The predicted molar refractivity (Wildman–Crippen MR) is 75.3 cm³/mol. The SMILES string of the molecule is C=C(C(CC)=C(C)C)C(C)C.CC.CC. The van der Waals surface area contributed by atoms with Crippen LogP contribution < -0.4 is 0 Å². The van der Waals surface area contributed by atoms with Gasteiger partial charge in [0.05, 0.1) is 0 Å². The zero-order valence-corrected chi connectivity index (χ0v) is 12.5. The first-order chi connectivity index (χ1) is 7.00. The Kier molecular flexibility index (Phi) is 17.9. The van der Waals surface area contributed by atoms with Crippen LogP contribution in [-0.2, 0) is 0 Å². The topological polar surface area (TPSA) is 0 Å². The maximum absolute atomic E-state index is 4.09. The van der Waals surface area contributed by atoms with Crippen LogP contribution in [0.1, 0.15) is 68.7 Å². The first kappa shape index (κ1) is 20.0. The van der Waals surface area contributed by atoms with Crippen molar-refractivity contribution in [3.8, 4) is 0 Å². The van der Waals surface area contributed by atoms with E-state index in [9.17, 15) is 0 Å². The lowest BCUT2D eigenvalue weighted by Gasteiger charge is -2.14. The lowest BCUT2D eigenvalue weighted by molar-refractivity contribution is 0.766. The minimum atomic E-state index is 0.583. The number of hydrogen-bond donors (Lipinski definition) is 0. The van der Waals surface area contributed by atoms with E-state index in [1.165, 1.54) is 16.7 Å². The van der Waals surface area contributed by atoms with Crippen molar-refractivity contribution < 1.29 is 0 Å². The Hall–Kier alpha value is -0.520. The molecule has 0 radical (unpaired) electrons. The molecular formula is C15H32. The molecular weight excluding hydrogens is 180 g/mol. The molecule has 0 aromatic rings. The highest BCUT2D eigenvalue weighted by Crippen LogP contribution is 2.22. The van der Waals surface area contributed by atoms with E-state index in [1.807, 2.05) is 27.7 Å². The highest BCUT2D eigenvalue weighted by Gasteiger charge is 2.05. The molecule has 0 heteroatoms. The second-order valence-electron chi connectivity index (χ2n) is 3.51. The normalized spacial score (nSPS) is 8.13. The Bertz CT molecular complexity index is 166. The van der Waals surface area contributed by atoms with Gasteiger partial charge in [0.25, 0.3) is 0 Å². The number of allylic oxidation sites excluding steroid dienone is 3. The molecule has 0 heterocycles. The van der Waals surface area contributed by atoms with Gasteiger partial charge in [0, 0.05) is 0 Å². The molecule has 0 spiro atoms. The van der Waals surface area contributed by atoms with Crippen LogP contribution in [0.2, 0.25) is 0 Å². The van der Waals surface area contributed by atoms with Gasteiger partial charge in [-0.2, -0.15) is 0 Å². The van der Waals surface area contributed by atoms with Gasteiger partial charge in [0.15, 0.2) is 0 Å². The van der Waals surface area contributed by atoms with Crippen LogP contribution in [0, 0.1) is 5.92 Å². The van der Waals surface area contributed by atoms with E-state index in [1.54, 1.807) is 0 Å². The van der Waals surface area contributed by atoms with E-state index in [2.05, 4.69) is 41.2 Å². The fraction of sp³-hybridized carbons (Fsp3) is 0.733. The summed E-state index contributed by atoms with van der Waals surface area (Å²) >= 11 is 0. The van der Waals surface area contributed by atoms with Crippen LogP contribution in [0.5, 0.6) is 0 Å². The molecule has 0 amide bonds. The van der Waals surface area contributed by atoms with Crippen molar-refractivity contribution in [1.82, 2.24) is 0 Å². The summed E-state index contributed by atoms with van der Waals surface area (Å²) in [5.74, 6) is 0.583. The lowest BCUT2D eigenvalue weighted by atomic mass is 9.92. The fourth-order valence-corrected chi connectivity index (χ4v) is 1.25. The highest BCUT2D eigenvalue weighted by atomic mass is 14.1. The van der Waals surface area contributed by atoms with Crippen LogP contribution >= 0.6 is 0 Å². The Morgan fingerprint density at radius 3 is 1.40 bits per heavy atom. The van der Waals surface area contributed by atoms with E-state index >= 15 is 0 Å². The van der Waals surface area contributed by atoms with Crippen molar-refractivity contribution in [2.24, 2.45) is 5.92 Å². The van der Waals surface area contributed by atoms with E-state index in [4.69, 9.17) is 0 Å². The van der Waals surface area contributed by atoms with E-state index < -0.39 is 0 Å². The van der Waals surface area contributed by atoms with Crippen molar-refractivity contribution in [1.29, 1.82) is 0 Å². The summed E-state index contributed by atoms with van der Waals surface area (Å²) in [6.45, 7) is 23.0. The first-order valence-electron chi connectivity index (χ1n) is 6.36. The maximum Gasteiger partial charge on any atom is -0.0222 e. The molecule has 0 aromatic heterocycles. The molecule has 92 valence electrons. The van der Waals surface area contributed by atoms with Gasteiger partial charge in [0.2, 0.25) is 0 Å². The molecule has 0 aliphatic rings. The Morgan fingerprint density at radius 1 is 1.00 bits per heavy atom. The number of hydrogen-bond acceptors (Lipinski definition) is 0. The average Bonchev–Trinajstić information content (AvgIpc) is 2.24. The van der Waals surface area contributed by atoms with E-state index in [0.717, 1.165) is 6.42 Å². The molecule has 0 saturated heterocycles. The van der Waals surface area contributed by atoms with Crippen LogP contribution in [0.3, 0.4) is 0 Å². The maximum atomic E-state index is 4.09. The molecule has 0 atom stereocenters. The Morgan fingerprint density at radius 2 is 1.33 bits per heavy atom. The van der Waals surface area contributed by atoms with E-state index in [-0.39, 0.29) is 0 Å². The standard InChI is InChI=1S/C11H20.2C2H6/c1-7-11(9(4)5)10(6)8(2)3;2*1-2/h8H,6-7H2,1-5H3;2*1-2H3. The summed E-state index contributed by atoms with van der Waals surface area (Å²) in [4.78, 5) is 0. The Balaban J connectivity index is -0.000000318. The first-order valence-corrected chi connectivity index (χ1v) is 6.36. The van der Waals surface area contributed by atoms with Crippen LogP contribution in [-0.4, -0.2) is 0 Å². The molecule has 0 aliphatic carbocycles. The molecule has 0 nitrogen and oxygen atoms in total. The van der Waals surface area contributed by atoms with Gasteiger partial charge < -0.3 is 0 Å². The number of rotatable bonds is 3. The summed E-state index contributed by atoms with van der Waals surface area (Å²) in [7, 11) is 0. The largest absolute Gasteiger partial charge is 0.0953 e. The molecule has 0 saturated carbocycles. The summed E-state index contributed by atoms with van der Waals surface area (Å²) in [6.07, 6.45) is 1.11. The van der Waals surface area contributed by atoms with Crippen LogP contribution in [0.15, 0.2) is 23.3 Å². The van der Waals surface area contributed by atoms with Gasteiger partial charge >= 0.3 is 0 Å². The molecule has 0 rings (SSSR count). The van der Waals surface area contributed by atoms with Gasteiger partial charge in [-0.3, -0.25) is 0 Å². The molecule has 0 aromatic carbocycles. The summed E-state index contributed by atoms with van der Waals surface area (Å²) < 4.78 is 0. The van der Waals surface area contributed by atoms with Crippen LogP contribution in [0.4, 0.5) is 0 Å². The van der Waals surface area contributed by atoms with E-state index in [0.29, 0.717) is 5.92 Å². The zero-order valence-electron chi connectivity index (χ0n) is 12.5.